The number of rotatable bonds is 6. The normalized spacial score (nSPS) is 23.2. The van der Waals surface area contributed by atoms with Gasteiger partial charge in [0, 0.05) is 13.1 Å². The molecule has 0 atom stereocenters. The van der Waals surface area contributed by atoms with Crippen LogP contribution in [0.2, 0.25) is 0 Å². The van der Waals surface area contributed by atoms with Gasteiger partial charge in [-0.3, -0.25) is 0 Å². The van der Waals surface area contributed by atoms with Crippen molar-refractivity contribution >= 4 is 16.0 Å². The lowest BCUT2D eigenvalue weighted by atomic mass is 9.91. The molecule has 2 fully saturated rings. The van der Waals surface area contributed by atoms with Crippen LogP contribution in [0.4, 0.5) is 0 Å². The third kappa shape index (κ3) is 5.23. The van der Waals surface area contributed by atoms with Crippen molar-refractivity contribution in [3.05, 3.63) is 0 Å². The number of nitrogens with zero attached hydrogens (tertiary/aromatic N) is 1. The first-order valence-electron chi connectivity index (χ1n) is 7.78. The maximum absolute atomic E-state index is 12.4. The Kier molecular flexibility index (Phi) is 6.01. The first-order valence-corrected chi connectivity index (χ1v) is 9.39. The van der Waals surface area contributed by atoms with E-state index in [9.17, 15) is 13.2 Å². The summed E-state index contributed by atoms with van der Waals surface area (Å²) < 4.78 is 31.6. The molecule has 0 radical (unpaired) electrons. The molecule has 1 saturated carbocycles. The van der Waals surface area contributed by atoms with Crippen molar-refractivity contribution in [1.29, 1.82) is 0 Å². The summed E-state index contributed by atoms with van der Waals surface area (Å²) in [6.07, 6.45) is 6.59. The standard InChI is InChI=1S/C14H25NO5S/c16-14(17)10-20-13-6-8-15(9-7-13)21(18,19)11-12-4-2-1-3-5-12/h12-13H,1-11H2,(H,16,17). The molecule has 2 rings (SSSR count). The van der Waals surface area contributed by atoms with Crippen molar-refractivity contribution in [3.8, 4) is 0 Å². The van der Waals surface area contributed by atoms with Crippen LogP contribution in [0.3, 0.4) is 0 Å². The molecule has 0 spiro atoms. The summed E-state index contributed by atoms with van der Waals surface area (Å²) in [5.74, 6) is -0.403. The number of sulfonamides is 1. The minimum absolute atomic E-state index is 0.137. The molecule has 0 aromatic carbocycles. The maximum atomic E-state index is 12.4. The molecule has 1 aliphatic heterocycles. The lowest BCUT2D eigenvalue weighted by Gasteiger charge is -2.32. The van der Waals surface area contributed by atoms with E-state index in [2.05, 4.69) is 0 Å². The Bertz CT molecular complexity index is 436. The van der Waals surface area contributed by atoms with Crippen molar-refractivity contribution < 1.29 is 23.1 Å². The molecule has 6 nitrogen and oxygen atoms in total. The average Bonchev–Trinajstić information content (AvgIpc) is 2.46. The molecule has 7 heteroatoms. The Labute approximate surface area is 126 Å². The second kappa shape index (κ2) is 7.56. The summed E-state index contributed by atoms with van der Waals surface area (Å²) in [4.78, 5) is 10.5. The molecule has 0 unspecified atom stereocenters. The van der Waals surface area contributed by atoms with E-state index in [0.29, 0.717) is 31.8 Å². The van der Waals surface area contributed by atoms with Gasteiger partial charge in [-0.15, -0.1) is 0 Å². The Balaban J connectivity index is 1.78. The van der Waals surface area contributed by atoms with Crippen LogP contribution >= 0.6 is 0 Å². The summed E-state index contributed by atoms with van der Waals surface area (Å²) in [5, 5.41) is 8.58. The molecule has 0 aromatic rings. The second-order valence-electron chi connectivity index (χ2n) is 6.09. The number of hydrogen-bond donors (Lipinski definition) is 1. The number of ether oxygens (including phenoxy) is 1. The zero-order chi connectivity index (χ0) is 15.3. The highest BCUT2D eigenvalue weighted by atomic mass is 32.2. The monoisotopic (exact) mass is 319 g/mol. The molecule has 21 heavy (non-hydrogen) atoms. The lowest BCUT2D eigenvalue weighted by Crippen LogP contribution is -2.43. The predicted octanol–water partition coefficient (Wildman–Crippen LogP) is 1.46. The van der Waals surface area contributed by atoms with Crippen LogP contribution in [0.5, 0.6) is 0 Å². The fourth-order valence-electron chi connectivity index (χ4n) is 3.22. The topological polar surface area (TPSA) is 83.9 Å². The average molecular weight is 319 g/mol. The van der Waals surface area contributed by atoms with Gasteiger partial charge in [0.2, 0.25) is 10.0 Å². The van der Waals surface area contributed by atoms with Crippen LogP contribution in [0.25, 0.3) is 0 Å². The Morgan fingerprint density at radius 3 is 2.29 bits per heavy atom. The van der Waals surface area contributed by atoms with Gasteiger partial charge in [-0.05, 0) is 31.6 Å². The van der Waals surface area contributed by atoms with E-state index in [-0.39, 0.29) is 18.5 Å². The molecule has 1 N–H and O–H groups in total. The Hall–Kier alpha value is -0.660. The van der Waals surface area contributed by atoms with Crippen molar-refractivity contribution in [2.75, 3.05) is 25.4 Å². The van der Waals surface area contributed by atoms with Gasteiger partial charge in [-0.2, -0.15) is 0 Å². The smallest absolute Gasteiger partial charge is 0.329 e. The van der Waals surface area contributed by atoms with Crippen LogP contribution in [-0.2, 0) is 19.6 Å². The van der Waals surface area contributed by atoms with E-state index in [1.165, 1.54) is 6.42 Å². The highest BCUT2D eigenvalue weighted by Crippen LogP contribution is 2.27. The molecule has 1 heterocycles. The Morgan fingerprint density at radius 2 is 1.71 bits per heavy atom. The number of carboxylic acids is 1. The van der Waals surface area contributed by atoms with Crippen LogP contribution < -0.4 is 0 Å². The van der Waals surface area contributed by atoms with E-state index < -0.39 is 16.0 Å². The number of hydrogen-bond acceptors (Lipinski definition) is 4. The van der Waals surface area contributed by atoms with Gasteiger partial charge < -0.3 is 9.84 Å². The van der Waals surface area contributed by atoms with Gasteiger partial charge in [-0.25, -0.2) is 17.5 Å². The summed E-state index contributed by atoms with van der Waals surface area (Å²) in [6.45, 7) is 0.582. The third-order valence-corrected chi connectivity index (χ3v) is 6.45. The second-order valence-corrected chi connectivity index (χ2v) is 8.10. The predicted molar refractivity (Wildman–Crippen MR) is 78.5 cm³/mol. The number of carboxylic acid groups (broad SMARTS) is 1. The summed E-state index contributed by atoms with van der Waals surface area (Å²) >= 11 is 0. The summed E-state index contributed by atoms with van der Waals surface area (Å²) in [6, 6.07) is 0. The molecule has 0 amide bonds. The largest absolute Gasteiger partial charge is 0.480 e. The van der Waals surface area contributed by atoms with E-state index >= 15 is 0 Å². The fourth-order valence-corrected chi connectivity index (χ4v) is 5.13. The first-order chi connectivity index (χ1) is 9.97. The van der Waals surface area contributed by atoms with Crippen molar-refractivity contribution in [3.63, 3.8) is 0 Å². The SMILES string of the molecule is O=C(O)COC1CCN(S(=O)(=O)CC2CCCCC2)CC1. The maximum Gasteiger partial charge on any atom is 0.329 e. The van der Waals surface area contributed by atoms with Crippen molar-refractivity contribution in [2.45, 2.75) is 51.0 Å². The van der Waals surface area contributed by atoms with Gasteiger partial charge in [-0.1, -0.05) is 19.3 Å². The molecule has 1 saturated heterocycles. The third-order valence-electron chi connectivity index (χ3n) is 4.41. The minimum Gasteiger partial charge on any atom is -0.480 e. The molecular weight excluding hydrogens is 294 g/mol. The molecule has 0 bridgehead atoms. The van der Waals surface area contributed by atoms with E-state index in [1.54, 1.807) is 4.31 Å². The Morgan fingerprint density at radius 1 is 1.10 bits per heavy atom. The van der Waals surface area contributed by atoms with Gasteiger partial charge in [0.15, 0.2) is 0 Å². The zero-order valence-corrected chi connectivity index (χ0v) is 13.2. The highest BCUT2D eigenvalue weighted by Gasteiger charge is 2.31. The molecule has 0 aromatic heterocycles. The minimum atomic E-state index is -3.18. The van der Waals surface area contributed by atoms with E-state index in [4.69, 9.17) is 9.84 Å². The summed E-state index contributed by atoms with van der Waals surface area (Å²) in [5.41, 5.74) is 0. The lowest BCUT2D eigenvalue weighted by molar-refractivity contribution is -0.145. The van der Waals surface area contributed by atoms with E-state index in [0.717, 1.165) is 25.7 Å². The molecular formula is C14H25NO5S. The zero-order valence-electron chi connectivity index (χ0n) is 12.4. The molecule has 2 aliphatic rings. The highest BCUT2D eigenvalue weighted by molar-refractivity contribution is 7.89. The van der Waals surface area contributed by atoms with E-state index in [1.807, 2.05) is 0 Å². The van der Waals surface area contributed by atoms with Crippen LogP contribution in [0.15, 0.2) is 0 Å². The number of carbonyl (C=O) groups is 1. The van der Waals surface area contributed by atoms with Crippen LogP contribution in [0, 0.1) is 5.92 Å². The quantitative estimate of drug-likeness (QED) is 0.801. The van der Waals surface area contributed by atoms with Crippen LogP contribution in [-0.4, -0.2) is 55.4 Å². The molecule has 122 valence electrons. The number of aliphatic carboxylic acids is 1. The first kappa shape index (κ1) is 16.7. The number of piperidine rings is 1. The van der Waals surface area contributed by atoms with Crippen molar-refractivity contribution in [1.82, 2.24) is 4.31 Å². The van der Waals surface area contributed by atoms with Crippen molar-refractivity contribution in [2.24, 2.45) is 5.92 Å². The molecule has 1 aliphatic carbocycles. The van der Waals surface area contributed by atoms with Gasteiger partial charge in [0.05, 0.1) is 11.9 Å². The fraction of sp³-hybridized carbons (Fsp3) is 0.929. The van der Waals surface area contributed by atoms with Crippen LogP contribution in [0.1, 0.15) is 44.9 Å². The van der Waals surface area contributed by atoms with Gasteiger partial charge in [0.1, 0.15) is 6.61 Å². The van der Waals surface area contributed by atoms with Gasteiger partial charge >= 0.3 is 5.97 Å². The summed E-state index contributed by atoms with van der Waals surface area (Å²) in [7, 11) is -3.18. The van der Waals surface area contributed by atoms with Gasteiger partial charge in [0.25, 0.3) is 0 Å².